The van der Waals surface area contributed by atoms with Crippen LogP contribution in [-0.2, 0) is 4.79 Å². The first-order chi connectivity index (χ1) is 10.1. The summed E-state index contributed by atoms with van der Waals surface area (Å²) >= 11 is 2.18. The molecule has 0 heterocycles. The molecule has 106 valence electrons. The van der Waals surface area contributed by atoms with Gasteiger partial charge in [-0.2, -0.15) is 0 Å². The van der Waals surface area contributed by atoms with Gasteiger partial charge in [-0.05, 0) is 26.3 Å². The molecule has 0 saturated carbocycles. The third-order valence-corrected chi connectivity index (χ3v) is 4.59. The lowest BCUT2D eigenvalue weighted by Gasteiger charge is -2.20. The number of carbonyl (C=O) groups is 1. The Morgan fingerprint density at radius 1 is 1.00 bits per heavy atom. The fourth-order valence-corrected chi connectivity index (χ4v) is 3.61. The molecule has 21 heavy (non-hydrogen) atoms. The number of nitrogens with zero attached hydrogens (tertiary/aromatic N) is 1. The highest BCUT2D eigenvalue weighted by Crippen LogP contribution is 2.48. The van der Waals surface area contributed by atoms with E-state index in [0.717, 1.165) is 5.57 Å². The smallest absolute Gasteiger partial charge is 0.250 e. The standard InChI is InChI=1S/C18H16INO/c1-20(2)18(21)16(11-19)17-14-9-5-3-7-12(14)13-8-4-6-10-15(13)17/h3-11,17H,1-2H3/b16-11-. The van der Waals surface area contributed by atoms with Gasteiger partial charge in [0.25, 0.3) is 5.91 Å². The van der Waals surface area contributed by atoms with Crippen molar-refractivity contribution in [3.05, 3.63) is 69.3 Å². The Labute approximate surface area is 138 Å². The van der Waals surface area contributed by atoms with E-state index in [-0.39, 0.29) is 11.8 Å². The summed E-state index contributed by atoms with van der Waals surface area (Å²) in [6.45, 7) is 0. The Balaban J connectivity index is 2.21. The lowest BCUT2D eigenvalue weighted by atomic mass is 9.89. The number of fused-ring (bicyclic) bond motifs is 3. The zero-order valence-electron chi connectivity index (χ0n) is 12.0. The van der Waals surface area contributed by atoms with Gasteiger partial charge >= 0.3 is 0 Å². The van der Waals surface area contributed by atoms with Crippen LogP contribution in [0.4, 0.5) is 0 Å². The van der Waals surface area contributed by atoms with E-state index >= 15 is 0 Å². The Hall–Kier alpha value is -1.62. The number of rotatable bonds is 2. The molecule has 0 radical (unpaired) electrons. The molecule has 0 fully saturated rings. The van der Waals surface area contributed by atoms with E-state index in [9.17, 15) is 4.79 Å². The minimum absolute atomic E-state index is 0.0317. The molecule has 0 bridgehead atoms. The highest BCUT2D eigenvalue weighted by atomic mass is 127. The van der Waals surface area contributed by atoms with Crippen LogP contribution in [0.1, 0.15) is 17.0 Å². The molecule has 2 aromatic carbocycles. The van der Waals surface area contributed by atoms with Crippen LogP contribution in [0.5, 0.6) is 0 Å². The topological polar surface area (TPSA) is 20.3 Å². The molecule has 0 N–H and O–H groups in total. The summed E-state index contributed by atoms with van der Waals surface area (Å²) in [4.78, 5) is 14.2. The minimum Gasteiger partial charge on any atom is -0.345 e. The van der Waals surface area contributed by atoms with Crippen LogP contribution in [0.25, 0.3) is 11.1 Å². The number of amides is 1. The van der Waals surface area contributed by atoms with Crippen LogP contribution >= 0.6 is 22.6 Å². The fourth-order valence-electron chi connectivity index (χ4n) is 2.98. The molecule has 0 aliphatic heterocycles. The molecule has 0 atom stereocenters. The Morgan fingerprint density at radius 3 is 1.90 bits per heavy atom. The van der Waals surface area contributed by atoms with Crippen molar-refractivity contribution < 1.29 is 4.79 Å². The number of likely N-dealkylation sites (N-methyl/N-ethyl adjacent to an activating group) is 1. The maximum atomic E-state index is 12.5. The maximum absolute atomic E-state index is 12.5. The summed E-state index contributed by atoms with van der Waals surface area (Å²) in [5.74, 6) is 0.102. The largest absolute Gasteiger partial charge is 0.345 e. The fraction of sp³-hybridized carbons (Fsp3) is 0.167. The first-order valence-electron chi connectivity index (χ1n) is 6.85. The molecule has 3 rings (SSSR count). The van der Waals surface area contributed by atoms with E-state index in [1.807, 2.05) is 16.2 Å². The van der Waals surface area contributed by atoms with Crippen LogP contribution in [0.2, 0.25) is 0 Å². The number of hydrogen-bond donors (Lipinski definition) is 0. The van der Waals surface area contributed by atoms with E-state index < -0.39 is 0 Å². The van der Waals surface area contributed by atoms with E-state index in [2.05, 4.69) is 59.0 Å². The predicted octanol–water partition coefficient (Wildman–Crippen LogP) is 4.21. The summed E-state index contributed by atoms with van der Waals surface area (Å²) in [7, 11) is 3.60. The molecule has 0 unspecified atom stereocenters. The van der Waals surface area contributed by atoms with Gasteiger partial charge in [-0.15, -0.1) is 0 Å². The van der Waals surface area contributed by atoms with Crippen molar-refractivity contribution in [2.24, 2.45) is 0 Å². The minimum atomic E-state index is 0.0317. The number of benzene rings is 2. The summed E-state index contributed by atoms with van der Waals surface area (Å²) in [5, 5.41) is 0. The SMILES string of the molecule is CN(C)C(=O)/C(=C\I)C1c2ccccc2-c2ccccc21. The number of carbonyl (C=O) groups excluding carboxylic acids is 1. The van der Waals surface area contributed by atoms with Crippen molar-refractivity contribution in [1.29, 1.82) is 0 Å². The highest BCUT2D eigenvalue weighted by molar-refractivity contribution is 14.1. The van der Waals surface area contributed by atoms with Crippen molar-refractivity contribution >= 4 is 28.5 Å². The summed E-state index contributed by atoms with van der Waals surface area (Å²) in [5.41, 5.74) is 5.74. The second-order valence-corrected chi connectivity index (χ2v) is 5.99. The lowest BCUT2D eigenvalue weighted by Crippen LogP contribution is -2.26. The van der Waals surface area contributed by atoms with E-state index in [1.165, 1.54) is 22.3 Å². The molecule has 3 heteroatoms. The van der Waals surface area contributed by atoms with Crippen molar-refractivity contribution in [3.63, 3.8) is 0 Å². The molecule has 0 saturated heterocycles. The third kappa shape index (κ3) is 2.29. The van der Waals surface area contributed by atoms with Gasteiger partial charge in [0, 0.05) is 25.6 Å². The van der Waals surface area contributed by atoms with Crippen LogP contribution in [0.15, 0.2) is 58.2 Å². The summed E-state index contributed by atoms with van der Waals surface area (Å²) in [6, 6.07) is 16.7. The molecule has 1 amide bonds. The van der Waals surface area contributed by atoms with E-state index in [1.54, 1.807) is 19.0 Å². The molecule has 0 aromatic heterocycles. The van der Waals surface area contributed by atoms with Crippen molar-refractivity contribution in [3.8, 4) is 11.1 Å². The van der Waals surface area contributed by atoms with Gasteiger partial charge in [0.05, 0.1) is 0 Å². The van der Waals surface area contributed by atoms with Gasteiger partial charge in [-0.3, -0.25) is 4.79 Å². The van der Waals surface area contributed by atoms with Crippen molar-refractivity contribution in [1.82, 2.24) is 4.90 Å². The molecule has 1 aliphatic rings. The number of halogens is 1. The normalized spacial score (nSPS) is 13.8. The van der Waals surface area contributed by atoms with Crippen LogP contribution < -0.4 is 0 Å². The van der Waals surface area contributed by atoms with Crippen molar-refractivity contribution in [2.45, 2.75) is 5.92 Å². The zero-order valence-corrected chi connectivity index (χ0v) is 14.2. The van der Waals surface area contributed by atoms with Gasteiger partial charge in [0.15, 0.2) is 0 Å². The Kier molecular flexibility index (Phi) is 3.85. The van der Waals surface area contributed by atoms with Gasteiger partial charge in [0.1, 0.15) is 0 Å². The van der Waals surface area contributed by atoms with Crippen molar-refractivity contribution in [2.75, 3.05) is 14.1 Å². The quantitative estimate of drug-likeness (QED) is 0.557. The van der Waals surface area contributed by atoms with E-state index in [0.29, 0.717) is 0 Å². The second-order valence-electron chi connectivity index (χ2n) is 5.37. The molecule has 2 nitrogen and oxygen atoms in total. The molecule has 1 aliphatic carbocycles. The van der Waals surface area contributed by atoms with Gasteiger partial charge < -0.3 is 4.90 Å². The van der Waals surface area contributed by atoms with Gasteiger partial charge in [-0.1, -0.05) is 71.1 Å². The zero-order chi connectivity index (χ0) is 15.0. The number of hydrogen-bond acceptors (Lipinski definition) is 1. The Bertz CT molecular complexity index is 688. The van der Waals surface area contributed by atoms with Gasteiger partial charge in [-0.25, -0.2) is 0 Å². The average Bonchev–Trinajstić information content (AvgIpc) is 2.83. The molecule has 0 spiro atoms. The first-order valence-corrected chi connectivity index (χ1v) is 8.10. The van der Waals surface area contributed by atoms with Gasteiger partial charge in [0.2, 0.25) is 0 Å². The third-order valence-electron chi connectivity index (χ3n) is 3.92. The Morgan fingerprint density at radius 2 is 1.48 bits per heavy atom. The molecular weight excluding hydrogens is 373 g/mol. The highest BCUT2D eigenvalue weighted by Gasteiger charge is 2.33. The first kappa shape index (κ1) is 14.3. The van der Waals surface area contributed by atoms with E-state index in [4.69, 9.17) is 0 Å². The molecular formula is C18H16INO. The maximum Gasteiger partial charge on any atom is 0.250 e. The second kappa shape index (κ2) is 5.64. The monoisotopic (exact) mass is 389 g/mol. The average molecular weight is 389 g/mol. The summed E-state index contributed by atoms with van der Waals surface area (Å²) < 4.78 is 1.92. The predicted molar refractivity (Wildman–Crippen MR) is 94.5 cm³/mol. The van der Waals surface area contributed by atoms with Crippen LogP contribution in [-0.4, -0.2) is 24.9 Å². The van der Waals surface area contributed by atoms with Crippen LogP contribution in [0, 0.1) is 0 Å². The van der Waals surface area contributed by atoms with Crippen LogP contribution in [0.3, 0.4) is 0 Å². The summed E-state index contributed by atoms with van der Waals surface area (Å²) in [6.07, 6.45) is 0. The lowest BCUT2D eigenvalue weighted by molar-refractivity contribution is -0.124. The molecule has 2 aromatic rings.